The first-order valence-corrected chi connectivity index (χ1v) is 10.8. The van der Waals surface area contributed by atoms with Crippen molar-refractivity contribution < 1.29 is 9.32 Å². The maximum atomic E-state index is 13.2. The summed E-state index contributed by atoms with van der Waals surface area (Å²) < 4.78 is 5.95. The molecule has 1 heterocycles. The van der Waals surface area contributed by atoms with E-state index in [2.05, 4.69) is 35.4 Å². The van der Waals surface area contributed by atoms with E-state index in [0.717, 1.165) is 32.6 Å². The molecule has 0 aliphatic heterocycles. The standard InChI is InChI=1S/C24H23N2O2P/c1-17-13-14-21-20(15-17)23(29(28-2)19-11-7-4-8-12-19)22(26-21)24(27)25-16-18-9-5-3-6-10-18/h3-15,26H,16H2,1-2H3,(H,25,27). The predicted molar refractivity (Wildman–Crippen MR) is 120 cm³/mol. The molecule has 146 valence electrons. The highest BCUT2D eigenvalue weighted by Gasteiger charge is 2.26. The minimum atomic E-state index is -1.13. The fourth-order valence-corrected chi connectivity index (χ4v) is 5.28. The molecule has 4 rings (SSSR count). The van der Waals surface area contributed by atoms with Gasteiger partial charge >= 0.3 is 0 Å². The zero-order chi connectivity index (χ0) is 20.2. The topological polar surface area (TPSA) is 54.1 Å². The summed E-state index contributed by atoms with van der Waals surface area (Å²) in [6.07, 6.45) is 0. The molecule has 0 aliphatic carbocycles. The molecule has 1 aromatic heterocycles. The minimum absolute atomic E-state index is 0.127. The maximum absolute atomic E-state index is 13.2. The SMILES string of the molecule is COP(c1ccccc1)c1c(C(=O)NCc2ccccc2)[nH]c2ccc(C)cc12. The Kier molecular flexibility index (Phi) is 5.75. The highest BCUT2D eigenvalue weighted by atomic mass is 31.1. The molecular formula is C24H23N2O2P. The third-order valence-corrected chi connectivity index (χ3v) is 6.83. The highest BCUT2D eigenvalue weighted by molar-refractivity contribution is 7.69. The number of rotatable bonds is 6. The average molecular weight is 402 g/mol. The molecule has 3 aromatic carbocycles. The fourth-order valence-electron chi connectivity index (χ4n) is 3.42. The second-order valence-corrected chi connectivity index (χ2v) is 8.80. The summed E-state index contributed by atoms with van der Waals surface area (Å²) in [5.74, 6) is -0.127. The monoisotopic (exact) mass is 402 g/mol. The van der Waals surface area contributed by atoms with Gasteiger partial charge in [-0.1, -0.05) is 72.3 Å². The summed E-state index contributed by atoms with van der Waals surface area (Å²) in [7, 11) is 0.573. The van der Waals surface area contributed by atoms with Crippen LogP contribution in [0.25, 0.3) is 10.9 Å². The molecular weight excluding hydrogens is 379 g/mol. The zero-order valence-electron chi connectivity index (χ0n) is 16.5. The van der Waals surface area contributed by atoms with Crippen molar-refractivity contribution in [3.8, 4) is 0 Å². The molecule has 4 aromatic rings. The number of carbonyl (C=O) groups excluding carboxylic acids is 1. The van der Waals surface area contributed by atoms with Gasteiger partial charge in [-0.2, -0.15) is 0 Å². The summed E-state index contributed by atoms with van der Waals surface area (Å²) in [5, 5.41) is 6.08. The minimum Gasteiger partial charge on any atom is -0.353 e. The van der Waals surface area contributed by atoms with E-state index in [9.17, 15) is 4.79 Å². The summed E-state index contributed by atoms with van der Waals surface area (Å²) in [4.78, 5) is 16.5. The molecule has 1 unspecified atom stereocenters. The number of aromatic amines is 1. The van der Waals surface area contributed by atoms with Gasteiger partial charge in [0, 0.05) is 35.2 Å². The Morgan fingerprint density at radius 2 is 1.69 bits per heavy atom. The number of fused-ring (bicyclic) bond motifs is 1. The van der Waals surface area contributed by atoms with Crippen LogP contribution in [-0.4, -0.2) is 18.0 Å². The molecule has 0 saturated heterocycles. The van der Waals surface area contributed by atoms with Crippen molar-refractivity contribution in [3.63, 3.8) is 0 Å². The second-order valence-electron chi connectivity index (χ2n) is 6.88. The first-order valence-electron chi connectivity index (χ1n) is 9.51. The van der Waals surface area contributed by atoms with Crippen LogP contribution in [0.2, 0.25) is 0 Å². The van der Waals surface area contributed by atoms with Crippen molar-refractivity contribution in [1.82, 2.24) is 10.3 Å². The van der Waals surface area contributed by atoms with Crippen LogP contribution in [0.4, 0.5) is 0 Å². The van der Waals surface area contributed by atoms with Crippen molar-refractivity contribution >= 4 is 35.6 Å². The van der Waals surface area contributed by atoms with Gasteiger partial charge in [-0.25, -0.2) is 0 Å². The van der Waals surface area contributed by atoms with Gasteiger partial charge in [0.2, 0.25) is 0 Å². The van der Waals surface area contributed by atoms with Crippen molar-refractivity contribution in [2.75, 3.05) is 7.11 Å². The number of amides is 1. The van der Waals surface area contributed by atoms with Crippen molar-refractivity contribution in [2.24, 2.45) is 0 Å². The van der Waals surface area contributed by atoms with Crippen molar-refractivity contribution in [1.29, 1.82) is 0 Å². The molecule has 0 fully saturated rings. The summed E-state index contributed by atoms with van der Waals surface area (Å²) >= 11 is 0. The molecule has 1 amide bonds. The molecule has 0 spiro atoms. The van der Waals surface area contributed by atoms with Crippen LogP contribution in [-0.2, 0) is 11.1 Å². The molecule has 0 radical (unpaired) electrons. The van der Waals surface area contributed by atoms with E-state index in [1.54, 1.807) is 7.11 Å². The largest absolute Gasteiger partial charge is 0.353 e. The van der Waals surface area contributed by atoms with E-state index >= 15 is 0 Å². The molecule has 29 heavy (non-hydrogen) atoms. The summed E-state index contributed by atoms with van der Waals surface area (Å²) in [6, 6.07) is 26.2. The number of hydrogen-bond donors (Lipinski definition) is 2. The second kappa shape index (κ2) is 8.60. The number of H-pyrrole nitrogens is 1. The Hall–Kier alpha value is -2.94. The van der Waals surface area contributed by atoms with Crippen LogP contribution < -0.4 is 15.9 Å². The quantitative estimate of drug-likeness (QED) is 0.470. The smallest absolute Gasteiger partial charge is 0.268 e. The van der Waals surface area contributed by atoms with Crippen LogP contribution in [0, 0.1) is 6.92 Å². The normalized spacial score (nSPS) is 12.1. The van der Waals surface area contributed by atoms with Gasteiger partial charge in [-0.3, -0.25) is 4.79 Å². The van der Waals surface area contributed by atoms with Crippen LogP contribution in [0.15, 0.2) is 78.9 Å². The van der Waals surface area contributed by atoms with E-state index in [1.807, 2.05) is 60.7 Å². The van der Waals surface area contributed by atoms with E-state index in [0.29, 0.717) is 12.2 Å². The van der Waals surface area contributed by atoms with Gasteiger partial charge in [0.15, 0.2) is 0 Å². The lowest BCUT2D eigenvalue weighted by Gasteiger charge is -2.17. The number of nitrogens with one attached hydrogen (secondary N) is 2. The zero-order valence-corrected chi connectivity index (χ0v) is 17.4. The van der Waals surface area contributed by atoms with Gasteiger partial charge in [0.05, 0.1) is 8.15 Å². The van der Waals surface area contributed by atoms with Gasteiger partial charge in [-0.15, -0.1) is 0 Å². The van der Waals surface area contributed by atoms with E-state index in [1.165, 1.54) is 0 Å². The Balaban J connectivity index is 1.77. The first kappa shape index (κ1) is 19.4. The molecule has 4 nitrogen and oxygen atoms in total. The van der Waals surface area contributed by atoms with Crippen molar-refractivity contribution in [2.45, 2.75) is 13.5 Å². The highest BCUT2D eigenvalue weighted by Crippen LogP contribution is 2.38. The lowest BCUT2D eigenvalue weighted by atomic mass is 10.2. The summed E-state index contributed by atoms with van der Waals surface area (Å²) in [6.45, 7) is 2.53. The Morgan fingerprint density at radius 3 is 2.38 bits per heavy atom. The number of hydrogen-bond acceptors (Lipinski definition) is 2. The van der Waals surface area contributed by atoms with Crippen LogP contribution in [0.5, 0.6) is 0 Å². The van der Waals surface area contributed by atoms with Gasteiger partial charge < -0.3 is 14.8 Å². The van der Waals surface area contributed by atoms with Crippen molar-refractivity contribution in [3.05, 3.63) is 95.7 Å². The third kappa shape index (κ3) is 4.09. The van der Waals surface area contributed by atoms with E-state index in [-0.39, 0.29) is 5.91 Å². The van der Waals surface area contributed by atoms with E-state index in [4.69, 9.17) is 4.52 Å². The van der Waals surface area contributed by atoms with Gasteiger partial charge in [0.25, 0.3) is 5.91 Å². The number of benzene rings is 3. The summed E-state index contributed by atoms with van der Waals surface area (Å²) in [5.41, 5.74) is 3.72. The lowest BCUT2D eigenvalue weighted by Crippen LogP contribution is -2.28. The molecule has 1 atom stereocenters. The predicted octanol–water partition coefficient (Wildman–Crippen LogP) is 4.40. The first-order chi connectivity index (χ1) is 14.2. The number of aryl methyl sites for hydroxylation is 1. The maximum Gasteiger partial charge on any atom is 0.268 e. The van der Waals surface area contributed by atoms with E-state index < -0.39 is 8.15 Å². The Morgan fingerprint density at radius 1 is 1.00 bits per heavy atom. The molecule has 0 aliphatic rings. The molecule has 0 saturated carbocycles. The Bertz CT molecular complexity index is 1120. The van der Waals surface area contributed by atoms with Crippen LogP contribution >= 0.6 is 8.15 Å². The Labute approximate surface area is 171 Å². The molecule has 2 N–H and O–H groups in total. The number of aromatic nitrogens is 1. The van der Waals surface area contributed by atoms with Crippen LogP contribution in [0.1, 0.15) is 21.6 Å². The van der Waals surface area contributed by atoms with Crippen LogP contribution in [0.3, 0.4) is 0 Å². The van der Waals surface area contributed by atoms with Gasteiger partial charge in [0.1, 0.15) is 5.69 Å². The fraction of sp³-hybridized carbons (Fsp3) is 0.125. The molecule has 5 heteroatoms. The third-order valence-electron chi connectivity index (χ3n) is 4.83. The van der Waals surface area contributed by atoms with Gasteiger partial charge in [-0.05, 0) is 24.6 Å². The average Bonchev–Trinajstić information content (AvgIpc) is 3.13. The molecule has 0 bridgehead atoms. The lowest BCUT2D eigenvalue weighted by molar-refractivity contribution is 0.0948. The number of carbonyl (C=O) groups is 1.